The Kier molecular flexibility index (Phi) is 4.50. The van der Waals surface area contributed by atoms with Crippen LogP contribution in [0.15, 0.2) is 18.2 Å². The van der Waals surface area contributed by atoms with Gasteiger partial charge in [0.1, 0.15) is 0 Å². The second-order valence-corrected chi connectivity index (χ2v) is 6.71. The zero-order chi connectivity index (χ0) is 15.7. The van der Waals surface area contributed by atoms with Gasteiger partial charge in [0.2, 0.25) is 0 Å². The second-order valence-electron chi connectivity index (χ2n) is 6.71. The first-order chi connectivity index (χ1) is 10.6. The minimum absolute atomic E-state index is 0.146. The van der Waals surface area contributed by atoms with Crippen molar-refractivity contribution in [2.24, 2.45) is 0 Å². The van der Waals surface area contributed by atoms with Gasteiger partial charge in [-0.3, -0.25) is 9.69 Å². The highest BCUT2D eigenvalue weighted by Gasteiger charge is 2.33. The molecule has 120 valence electrons. The Morgan fingerprint density at radius 2 is 1.86 bits per heavy atom. The molecule has 2 aliphatic rings. The van der Waals surface area contributed by atoms with E-state index in [1.807, 2.05) is 36.9 Å². The van der Waals surface area contributed by atoms with E-state index in [4.69, 9.17) is 0 Å². The van der Waals surface area contributed by atoms with E-state index in [2.05, 4.69) is 4.90 Å². The summed E-state index contributed by atoms with van der Waals surface area (Å²) in [4.78, 5) is 17.0. The monoisotopic (exact) mass is 302 g/mol. The molecule has 1 aliphatic heterocycles. The summed E-state index contributed by atoms with van der Waals surface area (Å²) in [5.41, 5.74) is 3.00. The number of aliphatic hydroxyl groups is 1. The Labute approximate surface area is 132 Å². The van der Waals surface area contributed by atoms with Gasteiger partial charge in [-0.05, 0) is 44.7 Å². The fourth-order valence-electron chi connectivity index (χ4n) is 3.74. The number of aryl methyl sites for hydroxylation is 2. The number of aliphatic hydroxyl groups excluding tert-OH is 1. The van der Waals surface area contributed by atoms with E-state index in [1.54, 1.807) is 0 Å². The van der Waals surface area contributed by atoms with Gasteiger partial charge in [0.15, 0.2) is 0 Å². The lowest BCUT2D eigenvalue weighted by molar-refractivity contribution is 0.0315. The summed E-state index contributed by atoms with van der Waals surface area (Å²) in [6.45, 7) is 7.29. The number of hydrogen-bond donors (Lipinski definition) is 1. The Hall–Kier alpha value is -1.39. The van der Waals surface area contributed by atoms with Crippen LogP contribution in [0, 0.1) is 13.8 Å². The fourth-order valence-corrected chi connectivity index (χ4v) is 3.74. The first-order valence-electron chi connectivity index (χ1n) is 8.35. The Balaban J connectivity index is 1.63. The highest BCUT2D eigenvalue weighted by Crippen LogP contribution is 2.25. The van der Waals surface area contributed by atoms with E-state index in [9.17, 15) is 9.90 Å². The third-order valence-corrected chi connectivity index (χ3v) is 5.14. The molecule has 0 bridgehead atoms. The third-order valence-electron chi connectivity index (χ3n) is 5.14. The third kappa shape index (κ3) is 3.03. The standard InChI is InChI=1S/C18H26N2O2/c1-13-6-7-14(2)15(12-13)18(22)20-10-8-19(9-11-20)16-4-3-5-17(16)21/h6-7,12,16-17,21H,3-5,8-11H2,1-2H3/t16-,17+/m0/s1. The molecule has 4 nitrogen and oxygen atoms in total. The molecule has 0 unspecified atom stereocenters. The molecule has 2 atom stereocenters. The van der Waals surface area contributed by atoms with Crippen LogP contribution in [0.3, 0.4) is 0 Å². The molecule has 1 aromatic rings. The second kappa shape index (κ2) is 6.39. The van der Waals surface area contributed by atoms with Gasteiger partial charge in [-0.25, -0.2) is 0 Å². The minimum Gasteiger partial charge on any atom is -0.391 e. The van der Waals surface area contributed by atoms with Crippen LogP contribution in [0.25, 0.3) is 0 Å². The van der Waals surface area contributed by atoms with Crippen LogP contribution in [0.4, 0.5) is 0 Å². The summed E-state index contributed by atoms with van der Waals surface area (Å²) in [5, 5.41) is 10.0. The summed E-state index contributed by atoms with van der Waals surface area (Å²) in [6.07, 6.45) is 2.95. The molecule has 1 aromatic carbocycles. The van der Waals surface area contributed by atoms with Crippen molar-refractivity contribution in [3.05, 3.63) is 34.9 Å². The maximum Gasteiger partial charge on any atom is 0.254 e. The summed E-state index contributed by atoms with van der Waals surface area (Å²) in [7, 11) is 0. The first-order valence-corrected chi connectivity index (χ1v) is 8.35. The van der Waals surface area contributed by atoms with Gasteiger partial charge < -0.3 is 10.0 Å². The summed E-state index contributed by atoms with van der Waals surface area (Å²) < 4.78 is 0. The van der Waals surface area contributed by atoms with Gasteiger partial charge >= 0.3 is 0 Å². The molecule has 1 saturated heterocycles. The van der Waals surface area contributed by atoms with Crippen molar-refractivity contribution in [1.29, 1.82) is 0 Å². The molecule has 22 heavy (non-hydrogen) atoms. The Morgan fingerprint density at radius 1 is 1.14 bits per heavy atom. The number of rotatable bonds is 2. The van der Waals surface area contributed by atoms with E-state index in [1.165, 1.54) is 0 Å². The average Bonchev–Trinajstić information content (AvgIpc) is 2.95. The van der Waals surface area contributed by atoms with Gasteiger partial charge in [0.05, 0.1) is 6.10 Å². The Morgan fingerprint density at radius 3 is 2.50 bits per heavy atom. The zero-order valence-corrected chi connectivity index (χ0v) is 13.6. The molecule has 0 aromatic heterocycles. The van der Waals surface area contributed by atoms with Crippen molar-refractivity contribution in [2.75, 3.05) is 26.2 Å². The van der Waals surface area contributed by atoms with Gasteiger partial charge in [-0.15, -0.1) is 0 Å². The van der Waals surface area contributed by atoms with E-state index >= 15 is 0 Å². The van der Waals surface area contributed by atoms with Crippen molar-refractivity contribution in [2.45, 2.75) is 45.3 Å². The smallest absolute Gasteiger partial charge is 0.254 e. The zero-order valence-electron chi connectivity index (χ0n) is 13.6. The number of benzene rings is 1. The molecule has 1 N–H and O–H groups in total. The molecule has 1 heterocycles. The van der Waals surface area contributed by atoms with E-state index in [-0.39, 0.29) is 12.0 Å². The fraction of sp³-hybridized carbons (Fsp3) is 0.611. The number of amides is 1. The molecular weight excluding hydrogens is 276 g/mol. The van der Waals surface area contributed by atoms with Crippen molar-refractivity contribution in [3.8, 4) is 0 Å². The SMILES string of the molecule is Cc1ccc(C)c(C(=O)N2CCN([C@H]3CCC[C@H]3O)CC2)c1. The van der Waals surface area contributed by atoms with E-state index in [0.29, 0.717) is 6.04 Å². The van der Waals surface area contributed by atoms with Gasteiger partial charge in [0, 0.05) is 37.8 Å². The van der Waals surface area contributed by atoms with Gasteiger partial charge in [0.25, 0.3) is 5.91 Å². The lowest BCUT2D eigenvalue weighted by Gasteiger charge is -2.39. The number of piperazine rings is 1. The summed E-state index contributed by atoms with van der Waals surface area (Å²) in [5.74, 6) is 0.146. The number of hydrogen-bond acceptors (Lipinski definition) is 3. The van der Waals surface area contributed by atoms with Crippen molar-refractivity contribution in [3.63, 3.8) is 0 Å². The molecule has 3 rings (SSSR count). The predicted octanol–water partition coefficient (Wildman–Crippen LogP) is 1.97. The van der Waals surface area contributed by atoms with Crippen LogP contribution in [0.2, 0.25) is 0 Å². The quantitative estimate of drug-likeness (QED) is 0.908. The van der Waals surface area contributed by atoms with Crippen LogP contribution in [0.5, 0.6) is 0 Å². The summed E-state index contributed by atoms with van der Waals surface area (Å²) in [6, 6.07) is 6.36. The van der Waals surface area contributed by atoms with Crippen LogP contribution >= 0.6 is 0 Å². The van der Waals surface area contributed by atoms with Crippen molar-refractivity contribution >= 4 is 5.91 Å². The molecule has 1 amide bonds. The molecule has 0 radical (unpaired) electrons. The molecule has 2 fully saturated rings. The van der Waals surface area contributed by atoms with Crippen molar-refractivity contribution < 1.29 is 9.90 Å². The minimum atomic E-state index is -0.179. The first kappa shape index (κ1) is 15.5. The molecule has 0 spiro atoms. The van der Waals surface area contributed by atoms with Gasteiger partial charge in [-0.1, -0.05) is 17.7 Å². The maximum absolute atomic E-state index is 12.7. The molecular formula is C18H26N2O2. The number of carbonyl (C=O) groups excluding carboxylic acids is 1. The van der Waals surface area contributed by atoms with Crippen LogP contribution in [-0.4, -0.2) is 59.1 Å². The average molecular weight is 302 g/mol. The molecule has 1 aliphatic carbocycles. The Bertz CT molecular complexity index is 550. The highest BCUT2D eigenvalue weighted by atomic mass is 16.3. The van der Waals surface area contributed by atoms with Gasteiger partial charge in [-0.2, -0.15) is 0 Å². The van der Waals surface area contributed by atoms with Crippen LogP contribution < -0.4 is 0 Å². The lowest BCUT2D eigenvalue weighted by atomic mass is 10.0. The predicted molar refractivity (Wildman–Crippen MR) is 87.0 cm³/mol. The van der Waals surface area contributed by atoms with Crippen LogP contribution in [0.1, 0.15) is 40.7 Å². The molecule has 1 saturated carbocycles. The number of carbonyl (C=O) groups is 1. The van der Waals surface area contributed by atoms with E-state index < -0.39 is 0 Å². The topological polar surface area (TPSA) is 43.8 Å². The largest absolute Gasteiger partial charge is 0.391 e. The molecule has 4 heteroatoms. The normalized spacial score (nSPS) is 26.4. The summed E-state index contributed by atoms with van der Waals surface area (Å²) >= 11 is 0. The van der Waals surface area contributed by atoms with E-state index in [0.717, 1.165) is 62.1 Å². The highest BCUT2D eigenvalue weighted by molar-refractivity contribution is 5.95. The lowest BCUT2D eigenvalue weighted by Crippen LogP contribution is -2.53. The van der Waals surface area contributed by atoms with Crippen LogP contribution in [-0.2, 0) is 0 Å². The number of nitrogens with zero attached hydrogens (tertiary/aromatic N) is 2. The maximum atomic E-state index is 12.7. The van der Waals surface area contributed by atoms with Crippen molar-refractivity contribution in [1.82, 2.24) is 9.80 Å².